The molecule has 0 saturated carbocycles. The molecular formula is C23H22N2O5S. The minimum atomic E-state index is -0.585. The second-order valence-corrected chi connectivity index (χ2v) is 7.51. The molecule has 0 spiro atoms. The van der Waals surface area contributed by atoms with Crippen LogP contribution in [0.2, 0.25) is 0 Å². The van der Waals surface area contributed by atoms with Crippen LogP contribution in [0, 0.1) is 13.8 Å². The normalized spacial score (nSPS) is 10.6. The fourth-order valence-corrected chi connectivity index (χ4v) is 3.84. The van der Waals surface area contributed by atoms with Gasteiger partial charge in [0.15, 0.2) is 6.61 Å². The Morgan fingerprint density at radius 2 is 1.74 bits per heavy atom. The zero-order valence-corrected chi connectivity index (χ0v) is 18.5. The average Bonchev–Trinajstić information content (AvgIpc) is 3.10. The topological polar surface area (TPSA) is 87.5 Å². The van der Waals surface area contributed by atoms with Gasteiger partial charge < -0.3 is 14.0 Å². The number of carbonyl (C=O) groups is 3. The van der Waals surface area contributed by atoms with Gasteiger partial charge in [-0.25, -0.2) is 14.6 Å². The number of thioether (sulfide) groups is 1. The third kappa shape index (κ3) is 4.69. The standard InChI is InChI=1S/C23H22N2O5S/c1-14-12-19(15(2)25(14)17-9-7-16(8-10-17)22(27)29-3)20(26)13-30-23(28)18-6-5-11-24-21(18)31-4/h5-12H,13H2,1-4H3. The number of nitrogens with zero attached hydrogens (tertiary/aromatic N) is 2. The summed E-state index contributed by atoms with van der Waals surface area (Å²) in [4.78, 5) is 40.9. The van der Waals surface area contributed by atoms with Crippen LogP contribution in [0.5, 0.6) is 0 Å². The van der Waals surface area contributed by atoms with Crippen molar-refractivity contribution in [3.05, 3.63) is 76.7 Å². The predicted octanol–water partition coefficient (Wildman–Crippen LogP) is 4.04. The Morgan fingerprint density at radius 1 is 1.03 bits per heavy atom. The molecule has 3 aromatic rings. The monoisotopic (exact) mass is 438 g/mol. The van der Waals surface area contributed by atoms with Crippen molar-refractivity contribution in [2.24, 2.45) is 0 Å². The van der Waals surface area contributed by atoms with Crippen LogP contribution in [-0.2, 0) is 9.47 Å². The first kappa shape index (κ1) is 22.3. The molecule has 0 N–H and O–H groups in total. The molecule has 0 unspecified atom stereocenters. The van der Waals surface area contributed by atoms with Crippen molar-refractivity contribution >= 4 is 29.5 Å². The Morgan fingerprint density at radius 3 is 2.39 bits per heavy atom. The van der Waals surface area contributed by atoms with E-state index >= 15 is 0 Å². The van der Waals surface area contributed by atoms with Crippen molar-refractivity contribution in [3.8, 4) is 5.69 Å². The van der Waals surface area contributed by atoms with E-state index in [0.717, 1.165) is 17.1 Å². The van der Waals surface area contributed by atoms with Gasteiger partial charge in [-0.05, 0) is 62.6 Å². The maximum absolute atomic E-state index is 12.8. The molecule has 7 nitrogen and oxygen atoms in total. The number of Topliss-reactive ketones (excluding diaryl/α,β-unsaturated/α-hetero) is 1. The van der Waals surface area contributed by atoms with Gasteiger partial charge in [-0.3, -0.25) is 4.79 Å². The van der Waals surface area contributed by atoms with Gasteiger partial charge in [-0.2, -0.15) is 0 Å². The second kappa shape index (κ2) is 9.61. The predicted molar refractivity (Wildman–Crippen MR) is 117 cm³/mol. The van der Waals surface area contributed by atoms with Crippen LogP contribution in [0.3, 0.4) is 0 Å². The number of esters is 2. The van der Waals surface area contributed by atoms with Gasteiger partial charge in [0.1, 0.15) is 5.03 Å². The third-order valence-electron chi connectivity index (χ3n) is 4.80. The lowest BCUT2D eigenvalue weighted by atomic mass is 10.1. The van der Waals surface area contributed by atoms with E-state index in [4.69, 9.17) is 9.47 Å². The molecule has 1 aromatic carbocycles. The van der Waals surface area contributed by atoms with E-state index in [2.05, 4.69) is 4.98 Å². The number of pyridine rings is 1. The van der Waals surface area contributed by atoms with Crippen molar-refractivity contribution < 1.29 is 23.9 Å². The number of carbonyl (C=O) groups excluding carboxylic acids is 3. The van der Waals surface area contributed by atoms with Gasteiger partial charge >= 0.3 is 11.9 Å². The lowest BCUT2D eigenvalue weighted by Gasteiger charge is -2.11. The zero-order valence-electron chi connectivity index (χ0n) is 17.7. The van der Waals surface area contributed by atoms with Gasteiger partial charge in [0.25, 0.3) is 0 Å². The molecule has 3 rings (SSSR count). The number of ether oxygens (including phenoxy) is 2. The molecule has 0 saturated heterocycles. The molecule has 2 aromatic heterocycles. The fourth-order valence-electron chi connectivity index (χ4n) is 3.30. The molecule has 2 heterocycles. The molecular weight excluding hydrogens is 416 g/mol. The number of benzene rings is 1. The van der Waals surface area contributed by atoms with E-state index < -0.39 is 11.9 Å². The molecule has 160 valence electrons. The maximum Gasteiger partial charge on any atom is 0.341 e. The minimum absolute atomic E-state index is 0.298. The van der Waals surface area contributed by atoms with Crippen LogP contribution in [0.15, 0.2) is 53.7 Å². The van der Waals surface area contributed by atoms with Crippen molar-refractivity contribution in [2.75, 3.05) is 20.0 Å². The number of rotatable bonds is 7. The van der Waals surface area contributed by atoms with Gasteiger partial charge in [-0.1, -0.05) is 0 Å². The highest BCUT2D eigenvalue weighted by molar-refractivity contribution is 7.98. The Labute approximate surface area is 184 Å². The van der Waals surface area contributed by atoms with Crippen molar-refractivity contribution in [3.63, 3.8) is 0 Å². The first-order chi connectivity index (χ1) is 14.9. The molecule has 0 amide bonds. The van der Waals surface area contributed by atoms with Gasteiger partial charge in [0.05, 0.1) is 18.2 Å². The summed E-state index contributed by atoms with van der Waals surface area (Å²) in [6.45, 7) is 3.33. The Hall–Kier alpha value is -3.39. The smallest absolute Gasteiger partial charge is 0.341 e. The quantitative estimate of drug-likeness (QED) is 0.313. The molecule has 8 heteroatoms. The Kier molecular flexibility index (Phi) is 6.91. The first-order valence-electron chi connectivity index (χ1n) is 9.44. The van der Waals surface area contributed by atoms with E-state index in [9.17, 15) is 14.4 Å². The summed E-state index contributed by atoms with van der Waals surface area (Å²) >= 11 is 1.33. The van der Waals surface area contributed by atoms with Crippen LogP contribution < -0.4 is 0 Å². The molecule has 0 aliphatic rings. The third-order valence-corrected chi connectivity index (χ3v) is 5.51. The summed E-state index contributed by atoms with van der Waals surface area (Å²) in [7, 11) is 1.33. The van der Waals surface area contributed by atoms with E-state index in [1.807, 2.05) is 24.7 Å². The van der Waals surface area contributed by atoms with E-state index in [1.165, 1.54) is 18.9 Å². The number of methoxy groups -OCH3 is 1. The number of aryl methyl sites for hydroxylation is 1. The van der Waals surface area contributed by atoms with E-state index in [-0.39, 0.29) is 12.4 Å². The number of hydrogen-bond acceptors (Lipinski definition) is 7. The SMILES string of the molecule is COC(=O)c1ccc(-n2c(C)cc(C(=O)COC(=O)c3cccnc3SC)c2C)cc1. The average molecular weight is 439 g/mol. The molecule has 0 aliphatic heterocycles. The van der Waals surface area contributed by atoms with Crippen LogP contribution >= 0.6 is 11.8 Å². The number of hydrogen-bond donors (Lipinski definition) is 0. The molecule has 0 atom stereocenters. The highest BCUT2D eigenvalue weighted by atomic mass is 32.2. The summed E-state index contributed by atoms with van der Waals surface area (Å²) in [5, 5.41) is 0.550. The highest BCUT2D eigenvalue weighted by Crippen LogP contribution is 2.23. The number of aromatic nitrogens is 2. The van der Waals surface area contributed by atoms with E-state index in [1.54, 1.807) is 48.7 Å². The highest BCUT2D eigenvalue weighted by Gasteiger charge is 2.20. The van der Waals surface area contributed by atoms with Crippen LogP contribution in [0.25, 0.3) is 5.69 Å². The largest absolute Gasteiger partial charge is 0.465 e. The molecule has 31 heavy (non-hydrogen) atoms. The second-order valence-electron chi connectivity index (χ2n) is 6.72. The summed E-state index contributed by atoms with van der Waals surface area (Å²) in [6, 6.07) is 11.9. The molecule has 0 fully saturated rings. The van der Waals surface area contributed by atoms with Gasteiger partial charge in [0.2, 0.25) is 5.78 Å². The summed E-state index contributed by atoms with van der Waals surface area (Å²) in [6.07, 6.45) is 3.41. The molecule has 0 bridgehead atoms. The molecule has 0 aliphatic carbocycles. The number of ketones is 1. The van der Waals surface area contributed by atoms with Gasteiger partial charge in [-0.15, -0.1) is 11.8 Å². The van der Waals surface area contributed by atoms with Crippen LogP contribution in [0.1, 0.15) is 42.5 Å². The van der Waals surface area contributed by atoms with Crippen LogP contribution in [0.4, 0.5) is 0 Å². The van der Waals surface area contributed by atoms with Crippen molar-refractivity contribution in [1.82, 2.24) is 9.55 Å². The molecule has 0 radical (unpaired) electrons. The minimum Gasteiger partial charge on any atom is -0.465 e. The Bertz CT molecular complexity index is 1140. The fraction of sp³-hybridized carbons (Fsp3) is 0.217. The first-order valence-corrected chi connectivity index (χ1v) is 10.7. The van der Waals surface area contributed by atoms with Gasteiger partial charge in [0, 0.05) is 28.8 Å². The van der Waals surface area contributed by atoms with E-state index in [0.29, 0.717) is 21.7 Å². The van der Waals surface area contributed by atoms with Crippen molar-refractivity contribution in [2.45, 2.75) is 18.9 Å². The van der Waals surface area contributed by atoms with Crippen molar-refractivity contribution in [1.29, 1.82) is 0 Å². The Balaban J connectivity index is 1.77. The lowest BCUT2D eigenvalue weighted by molar-refractivity contribution is 0.0470. The summed E-state index contributed by atoms with van der Waals surface area (Å²) < 4.78 is 11.9. The summed E-state index contributed by atoms with van der Waals surface area (Å²) in [5.74, 6) is -1.30. The maximum atomic E-state index is 12.8. The lowest BCUT2D eigenvalue weighted by Crippen LogP contribution is -2.15. The summed E-state index contributed by atoms with van der Waals surface area (Å²) in [5.41, 5.74) is 3.61. The zero-order chi connectivity index (χ0) is 22.5. The van der Waals surface area contributed by atoms with Crippen LogP contribution in [-0.4, -0.2) is 47.2 Å².